The average Bonchev–Trinajstić information content (AvgIpc) is 3.07. The third-order valence-electron chi connectivity index (χ3n) is 3.51. The largest absolute Gasteiger partial charge is 0.252 e. The fourth-order valence-corrected chi connectivity index (χ4v) is 2.63. The van der Waals surface area contributed by atoms with Gasteiger partial charge in [0.25, 0.3) is 0 Å². The van der Waals surface area contributed by atoms with Crippen LogP contribution in [0.1, 0.15) is 126 Å². The van der Waals surface area contributed by atoms with Crippen LogP contribution < -0.4 is 0 Å². The van der Waals surface area contributed by atoms with Crippen molar-refractivity contribution in [2.24, 2.45) is 23.7 Å². The van der Waals surface area contributed by atoms with E-state index in [1.54, 1.807) is 0 Å². The first-order valence-electron chi connectivity index (χ1n) is 9.93. The van der Waals surface area contributed by atoms with E-state index in [4.69, 9.17) is 0 Å². The molecule has 6 nitrogen and oxygen atoms in total. The fourth-order valence-electron chi connectivity index (χ4n) is 2.63. The summed E-state index contributed by atoms with van der Waals surface area (Å²) in [5.74, 6) is 2.58. The molecule has 0 radical (unpaired) electrons. The number of nitrogens with zero attached hydrogens (tertiary/aromatic N) is 6. The second kappa shape index (κ2) is 27.5. The van der Waals surface area contributed by atoms with Crippen molar-refractivity contribution >= 4 is 0 Å². The fraction of sp³-hybridized carbons (Fsp3) is 0.857. The quantitative estimate of drug-likeness (QED) is 0.369. The van der Waals surface area contributed by atoms with Crippen molar-refractivity contribution in [3.8, 4) is 0 Å². The second-order valence-electron chi connectivity index (χ2n) is 8.85. The van der Waals surface area contributed by atoms with Crippen LogP contribution in [0.2, 0.25) is 0 Å². The van der Waals surface area contributed by atoms with E-state index < -0.39 is 0 Å². The van der Waals surface area contributed by atoms with Crippen molar-refractivity contribution < 1.29 is 0 Å². The first-order valence-corrected chi connectivity index (χ1v) is 9.93. The van der Waals surface area contributed by atoms with E-state index in [0.29, 0.717) is 23.7 Å². The van der Waals surface area contributed by atoms with E-state index >= 15 is 0 Å². The van der Waals surface area contributed by atoms with E-state index in [-0.39, 0.29) is 59.4 Å². The summed E-state index contributed by atoms with van der Waals surface area (Å²) in [6.45, 7) is 19.4. The molecule has 2 heterocycles. The standard InChI is InChI=1S/2C10H19N3.8CH4/c2*1-8(2)5-10-7-13(12-11-10)6-9(3)4;;;;;;;;/h2*7-9H,5-6H2,1-4H3;8*1H4. The Morgan fingerprint density at radius 2 is 0.765 bits per heavy atom. The third kappa shape index (κ3) is 24.9. The van der Waals surface area contributed by atoms with Crippen LogP contribution in [0.25, 0.3) is 0 Å². The molecule has 34 heavy (non-hydrogen) atoms. The summed E-state index contributed by atoms with van der Waals surface area (Å²) in [5, 5.41) is 16.4. The van der Waals surface area contributed by atoms with Crippen LogP contribution in [0.4, 0.5) is 0 Å². The lowest BCUT2D eigenvalue weighted by Gasteiger charge is -2.02. The van der Waals surface area contributed by atoms with Crippen molar-refractivity contribution in [1.82, 2.24) is 30.0 Å². The second-order valence-corrected chi connectivity index (χ2v) is 8.85. The number of rotatable bonds is 8. The average molecular weight is 491 g/mol. The topological polar surface area (TPSA) is 61.4 Å². The molecule has 0 atom stereocenters. The Morgan fingerprint density at radius 1 is 0.500 bits per heavy atom. The van der Waals surface area contributed by atoms with Crippen LogP contribution >= 0.6 is 0 Å². The summed E-state index contributed by atoms with van der Waals surface area (Å²) in [6.07, 6.45) is 6.16. The van der Waals surface area contributed by atoms with Gasteiger partial charge in [-0.1, -0.05) is 125 Å². The monoisotopic (exact) mass is 491 g/mol. The van der Waals surface area contributed by atoms with E-state index in [9.17, 15) is 0 Å². The van der Waals surface area contributed by atoms with Gasteiger partial charge in [-0.05, 0) is 36.5 Å². The van der Waals surface area contributed by atoms with Crippen LogP contribution in [0.3, 0.4) is 0 Å². The van der Waals surface area contributed by atoms with E-state index in [1.807, 2.05) is 9.36 Å². The minimum Gasteiger partial charge on any atom is -0.252 e. The lowest BCUT2D eigenvalue weighted by molar-refractivity contribution is 0.472. The SMILES string of the molecule is C.C.C.C.C.C.C.C.CC(C)Cc1cn(CC(C)C)nn1.CC(C)Cc1cn(CC(C)C)nn1. The Kier molecular flexibility index (Phi) is 43.4. The van der Waals surface area contributed by atoms with Gasteiger partial charge in [-0.25, -0.2) is 0 Å². The van der Waals surface area contributed by atoms with Gasteiger partial charge in [0, 0.05) is 25.5 Å². The zero-order valence-electron chi connectivity index (χ0n) is 18.0. The predicted octanol–water partition coefficient (Wildman–Crippen LogP) is 9.35. The molecule has 0 bridgehead atoms. The molecule has 0 aliphatic carbocycles. The molecular weight excluding hydrogens is 420 g/mol. The summed E-state index contributed by atoms with van der Waals surface area (Å²) < 4.78 is 3.87. The van der Waals surface area contributed by atoms with Crippen molar-refractivity contribution in [3.05, 3.63) is 23.8 Å². The van der Waals surface area contributed by atoms with Gasteiger partial charge in [-0.3, -0.25) is 9.36 Å². The summed E-state index contributed by atoms with van der Waals surface area (Å²) in [7, 11) is 0. The zero-order chi connectivity index (χ0) is 19.7. The minimum absolute atomic E-state index is 0. The molecule has 0 saturated carbocycles. The molecule has 212 valence electrons. The third-order valence-corrected chi connectivity index (χ3v) is 3.51. The molecule has 0 aromatic carbocycles. The molecule has 0 unspecified atom stereocenters. The summed E-state index contributed by atoms with van der Waals surface area (Å²) in [4.78, 5) is 0. The Balaban J connectivity index is -0.0000000537. The normalized spacial score (nSPS) is 8.82. The van der Waals surface area contributed by atoms with Gasteiger partial charge in [-0.15, -0.1) is 10.2 Å². The predicted molar refractivity (Wildman–Crippen MR) is 161 cm³/mol. The van der Waals surface area contributed by atoms with Crippen molar-refractivity contribution in [1.29, 1.82) is 0 Å². The van der Waals surface area contributed by atoms with Gasteiger partial charge in [0.1, 0.15) is 0 Å². The molecule has 2 aromatic rings. The van der Waals surface area contributed by atoms with E-state index in [2.05, 4.69) is 88.4 Å². The summed E-state index contributed by atoms with van der Waals surface area (Å²) >= 11 is 0. The molecule has 0 saturated heterocycles. The van der Waals surface area contributed by atoms with Gasteiger partial charge in [-0.2, -0.15) is 0 Å². The highest BCUT2D eigenvalue weighted by Gasteiger charge is 2.05. The van der Waals surface area contributed by atoms with Crippen LogP contribution in [0.15, 0.2) is 12.4 Å². The van der Waals surface area contributed by atoms with Gasteiger partial charge in [0.15, 0.2) is 0 Å². The highest BCUT2D eigenvalue weighted by molar-refractivity contribution is 4.93. The maximum atomic E-state index is 4.12. The smallest absolute Gasteiger partial charge is 0.0829 e. The molecular formula is C28H70N6. The Hall–Kier alpha value is -1.72. The number of aromatic nitrogens is 6. The lowest BCUT2D eigenvalue weighted by atomic mass is 10.1. The van der Waals surface area contributed by atoms with Crippen LogP contribution in [0.5, 0.6) is 0 Å². The van der Waals surface area contributed by atoms with Gasteiger partial charge >= 0.3 is 0 Å². The number of hydrogen-bond acceptors (Lipinski definition) is 4. The zero-order valence-corrected chi connectivity index (χ0v) is 18.0. The molecule has 6 heteroatoms. The van der Waals surface area contributed by atoms with Crippen LogP contribution in [-0.2, 0) is 25.9 Å². The Bertz CT molecular complexity index is 509. The van der Waals surface area contributed by atoms with Crippen molar-refractivity contribution in [3.63, 3.8) is 0 Å². The molecule has 0 N–H and O–H groups in total. The summed E-state index contributed by atoms with van der Waals surface area (Å²) in [6, 6.07) is 0. The van der Waals surface area contributed by atoms with Crippen molar-refractivity contribution in [2.45, 2.75) is 141 Å². The molecule has 0 aliphatic heterocycles. The molecule has 2 rings (SSSR count). The first kappa shape index (κ1) is 53.6. The summed E-state index contributed by atoms with van der Waals surface area (Å²) in [5.41, 5.74) is 2.21. The van der Waals surface area contributed by atoms with E-state index in [1.165, 1.54) is 0 Å². The molecule has 0 amide bonds. The minimum atomic E-state index is 0. The van der Waals surface area contributed by atoms with Gasteiger partial charge < -0.3 is 0 Å². The van der Waals surface area contributed by atoms with E-state index in [0.717, 1.165) is 37.3 Å². The van der Waals surface area contributed by atoms with Crippen LogP contribution in [-0.4, -0.2) is 30.0 Å². The maximum absolute atomic E-state index is 4.12. The highest BCUT2D eigenvalue weighted by Crippen LogP contribution is 2.06. The highest BCUT2D eigenvalue weighted by atomic mass is 15.4. The van der Waals surface area contributed by atoms with Gasteiger partial charge in [0.2, 0.25) is 0 Å². The number of hydrogen-bond donors (Lipinski definition) is 0. The molecule has 2 aromatic heterocycles. The molecule has 0 fully saturated rings. The molecule has 0 aliphatic rings. The van der Waals surface area contributed by atoms with Crippen LogP contribution in [0, 0.1) is 23.7 Å². The van der Waals surface area contributed by atoms with Crippen molar-refractivity contribution in [2.75, 3.05) is 0 Å². The Labute approximate surface area is 218 Å². The lowest BCUT2D eigenvalue weighted by Crippen LogP contribution is -2.04. The Morgan fingerprint density at radius 3 is 0.971 bits per heavy atom. The van der Waals surface area contributed by atoms with Gasteiger partial charge in [0.05, 0.1) is 11.4 Å². The maximum Gasteiger partial charge on any atom is 0.0829 e. The molecule has 0 spiro atoms. The first-order chi connectivity index (χ1) is 12.2.